The summed E-state index contributed by atoms with van der Waals surface area (Å²) in [7, 11) is 1.73. The van der Waals surface area contributed by atoms with E-state index in [0.29, 0.717) is 0 Å². The predicted octanol–water partition coefficient (Wildman–Crippen LogP) is 3.28. The van der Waals surface area contributed by atoms with Crippen LogP contribution in [0.1, 0.15) is 30.4 Å². The smallest absolute Gasteiger partial charge is 0.336 e. The second kappa shape index (κ2) is 15.3. The summed E-state index contributed by atoms with van der Waals surface area (Å²) in [5.74, 6) is -4.09. The number of aromatic nitrogens is 3. The highest BCUT2D eigenvalue weighted by Crippen LogP contribution is 2.23. The van der Waals surface area contributed by atoms with Gasteiger partial charge in [-0.15, -0.1) is 0 Å². The van der Waals surface area contributed by atoms with Crippen molar-refractivity contribution in [2.24, 2.45) is 0 Å². The zero-order chi connectivity index (χ0) is 30.5. The third-order valence-electron chi connectivity index (χ3n) is 6.43. The quantitative estimate of drug-likeness (QED) is 0.173. The van der Waals surface area contributed by atoms with E-state index >= 15 is 0 Å². The first-order valence-electron chi connectivity index (χ1n) is 13.1. The van der Waals surface area contributed by atoms with Crippen LogP contribution in [-0.4, -0.2) is 77.0 Å². The number of aliphatic hydroxyl groups is 1. The average Bonchev–Trinajstić information content (AvgIpc) is 3.46. The van der Waals surface area contributed by atoms with Crippen LogP contribution in [0.5, 0.6) is 5.75 Å². The molecule has 2 aromatic heterocycles. The van der Waals surface area contributed by atoms with Crippen LogP contribution >= 0.6 is 0 Å². The number of hydrogen-bond acceptors (Lipinski definition) is 8. The first-order valence-corrected chi connectivity index (χ1v) is 13.1. The largest absolute Gasteiger partial charge is 0.496 e. The Morgan fingerprint density at radius 1 is 0.905 bits per heavy atom. The molecule has 222 valence electrons. The van der Waals surface area contributed by atoms with Gasteiger partial charge in [-0.2, -0.15) is 0 Å². The molecule has 0 spiro atoms. The first-order chi connectivity index (χ1) is 20.1. The van der Waals surface area contributed by atoms with E-state index in [2.05, 4.69) is 55.8 Å². The van der Waals surface area contributed by atoms with Crippen molar-refractivity contribution in [1.82, 2.24) is 19.4 Å². The molecule has 12 nitrogen and oxygen atoms in total. The van der Waals surface area contributed by atoms with Crippen LogP contribution in [0.3, 0.4) is 0 Å². The Morgan fingerprint density at radius 2 is 1.57 bits per heavy atom. The van der Waals surface area contributed by atoms with Crippen molar-refractivity contribution in [2.45, 2.75) is 44.5 Å². The molecule has 0 aliphatic carbocycles. The zero-order valence-electron chi connectivity index (χ0n) is 23.2. The summed E-state index contributed by atoms with van der Waals surface area (Å²) in [5, 5.41) is 35.0. The Kier molecular flexibility index (Phi) is 11.5. The minimum Gasteiger partial charge on any atom is -0.496 e. The molecule has 4 aromatic rings. The number of nitrogens with zero attached hydrogens (tertiary/aromatic N) is 4. The lowest BCUT2D eigenvalue weighted by atomic mass is 9.96. The molecule has 0 saturated heterocycles. The van der Waals surface area contributed by atoms with Gasteiger partial charge < -0.3 is 29.7 Å². The minimum absolute atomic E-state index is 0.831. The van der Waals surface area contributed by atoms with Crippen molar-refractivity contribution in [1.29, 1.82) is 0 Å². The van der Waals surface area contributed by atoms with Gasteiger partial charge in [0.1, 0.15) is 5.75 Å². The van der Waals surface area contributed by atoms with E-state index in [1.165, 1.54) is 16.5 Å². The van der Waals surface area contributed by atoms with E-state index < -0.39 is 36.4 Å². The van der Waals surface area contributed by atoms with Crippen LogP contribution in [0.15, 0.2) is 79.5 Å². The summed E-state index contributed by atoms with van der Waals surface area (Å²) in [6.07, 6.45) is 6.34. The maximum Gasteiger partial charge on any atom is 0.336 e. The highest BCUT2D eigenvalue weighted by Gasteiger charge is 2.40. The Bertz CT molecular complexity index is 1450. The molecule has 0 amide bonds. The summed E-state index contributed by atoms with van der Waals surface area (Å²) in [6.45, 7) is 3.60. The highest BCUT2D eigenvalue weighted by atomic mass is 16.5. The van der Waals surface area contributed by atoms with E-state index in [4.69, 9.17) is 25.2 Å². The van der Waals surface area contributed by atoms with Gasteiger partial charge >= 0.3 is 17.9 Å². The number of methoxy groups -OCH3 is 1. The standard InChI is InChI=1S/C24H26N4O.C6H8O7/c1-29-23-11-3-2-7-21(23)17-28(15-6-14-27-16-13-25-19-27)18-22-9-4-8-20-10-5-12-26-24(20)22;7-3(8)1-6(13,5(11)12)2-4(9)10/h2-5,7-13,16,19H,6,14-15,17-18H2,1H3;13H,1-2H2,(H,7,8)(H,9,10)(H,11,12). The second-order valence-electron chi connectivity index (χ2n) is 9.65. The lowest BCUT2D eigenvalue weighted by Gasteiger charge is -2.24. The Hall–Kier alpha value is -4.81. The first kappa shape index (κ1) is 31.7. The van der Waals surface area contributed by atoms with Gasteiger partial charge in [0.15, 0.2) is 5.60 Å². The molecule has 4 N–H and O–H groups in total. The number of fused-ring (bicyclic) bond motifs is 1. The van der Waals surface area contributed by atoms with Crippen LogP contribution in [0.2, 0.25) is 0 Å². The molecule has 42 heavy (non-hydrogen) atoms. The highest BCUT2D eigenvalue weighted by molar-refractivity contribution is 5.88. The average molecular weight is 579 g/mol. The van der Waals surface area contributed by atoms with Crippen LogP contribution in [0.25, 0.3) is 10.9 Å². The molecule has 0 bridgehead atoms. The number of carboxylic acids is 3. The van der Waals surface area contributed by atoms with Crippen LogP contribution in [0.4, 0.5) is 0 Å². The maximum absolute atomic E-state index is 10.3. The number of aryl methyl sites for hydroxylation is 1. The Balaban J connectivity index is 0.000000316. The number of ether oxygens (including phenoxy) is 1. The lowest BCUT2D eigenvalue weighted by molar-refractivity contribution is -0.170. The van der Waals surface area contributed by atoms with Crippen molar-refractivity contribution in [2.75, 3.05) is 13.7 Å². The molecule has 0 unspecified atom stereocenters. The molecule has 2 aromatic carbocycles. The Morgan fingerprint density at radius 3 is 2.21 bits per heavy atom. The van der Waals surface area contributed by atoms with Crippen molar-refractivity contribution < 1.29 is 39.5 Å². The van der Waals surface area contributed by atoms with E-state index in [1.54, 1.807) is 7.11 Å². The van der Waals surface area contributed by atoms with Crippen molar-refractivity contribution >= 4 is 28.8 Å². The number of imidazole rings is 1. The monoisotopic (exact) mass is 578 g/mol. The van der Waals surface area contributed by atoms with Gasteiger partial charge in [0.05, 0.1) is 31.8 Å². The van der Waals surface area contributed by atoms with E-state index in [0.717, 1.165) is 43.9 Å². The topological polar surface area (TPSA) is 175 Å². The third kappa shape index (κ3) is 9.39. The van der Waals surface area contributed by atoms with Crippen LogP contribution in [0, 0.1) is 0 Å². The summed E-state index contributed by atoms with van der Waals surface area (Å²) in [5.41, 5.74) is 0.790. The molecule has 0 atom stereocenters. The van der Waals surface area contributed by atoms with Crippen molar-refractivity contribution in [3.05, 3.63) is 90.6 Å². The maximum atomic E-state index is 10.3. The molecule has 0 fully saturated rings. The normalized spacial score (nSPS) is 11.1. The third-order valence-corrected chi connectivity index (χ3v) is 6.43. The molecule has 0 aliphatic heterocycles. The van der Waals surface area contributed by atoms with E-state index in [9.17, 15) is 14.4 Å². The molecule has 0 saturated carbocycles. The molecule has 2 heterocycles. The number of pyridine rings is 1. The molecular weight excluding hydrogens is 544 g/mol. The summed E-state index contributed by atoms with van der Waals surface area (Å²) < 4.78 is 7.70. The van der Waals surface area contributed by atoms with Gasteiger partial charge in [0.2, 0.25) is 0 Å². The SMILES string of the molecule is COc1ccccc1CN(CCCn1ccnc1)Cc1cccc2cccnc12.O=C(O)CC(O)(CC(=O)O)C(=O)O. The fourth-order valence-corrected chi connectivity index (χ4v) is 4.43. The number of carboxylic acid groups (broad SMARTS) is 3. The van der Waals surface area contributed by atoms with Gasteiger partial charge in [-0.1, -0.05) is 42.5 Å². The number of carbonyl (C=O) groups is 3. The fraction of sp³-hybridized carbons (Fsp3) is 0.300. The van der Waals surface area contributed by atoms with Crippen LogP contribution in [-0.2, 0) is 34.0 Å². The number of rotatable bonds is 14. The van der Waals surface area contributed by atoms with Gasteiger partial charge in [0.25, 0.3) is 0 Å². The number of para-hydroxylation sites is 2. The molecule has 0 aliphatic rings. The Labute approximate surface area is 242 Å². The summed E-state index contributed by atoms with van der Waals surface area (Å²) in [6, 6.07) is 18.8. The summed E-state index contributed by atoms with van der Waals surface area (Å²) in [4.78, 5) is 41.7. The predicted molar refractivity (Wildman–Crippen MR) is 153 cm³/mol. The van der Waals surface area contributed by atoms with Gasteiger partial charge in [-0.05, 0) is 24.1 Å². The number of aliphatic carboxylic acids is 3. The zero-order valence-corrected chi connectivity index (χ0v) is 23.2. The minimum atomic E-state index is -2.74. The van der Waals surface area contributed by atoms with E-state index in [-0.39, 0.29) is 0 Å². The fourth-order valence-electron chi connectivity index (χ4n) is 4.43. The molecule has 12 heteroatoms. The number of hydrogen-bond donors (Lipinski definition) is 4. The second-order valence-corrected chi connectivity index (χ2v) is 9.65. The molecular formula is C30H34N4O8. The van der Waals surface area contributed by atoms with Crippen molar-refractivity contribution in [3.63, 3.8) is 0 Å². The molecule has 0 radical (unpaired) electrons. The lowest BCUT2D eigenvalue weighted by Crippen LogP contribution is -2.42. The van der Waals surface area contributed by atoms with E-state index in [1.807, 2.05) is 43.1 Å². The summed E-state index contributed by atoms with van der Waals surface area (Å²) >= 11 is 0. The van der Waals surface area contributed by atoms with Gasteiger partial charge in [-0.3, -0.25) is 19.5 Å². The van der Waals surface area contributed by atoms with Gasteiger partial charge in [0, 0.05) is 55.7 Å². The van der Waals surface area contributed by atoms with Crippen molar-refractivity contribution in [3.8, 4) is 5.75 Å². The van der Waals surface area contributed by atoms with Gasteiger partial charge in [-0.25, -0.2) is 9.78 Å². The number of benzene rings is 2. The van der Waals surface area contributed by atoms with Crippen LogP contribution < -0.4 is 4.74 Å². The molecule has 4 rings (SSSR count).